The molecule has 10 aromatic heterocycles. The molecule has 0 saturated heterocycles. The Morgan fingerprint density at radius 3 is 1.24 bits per heavy atom. The van der Waals surface area contributed by atoms with Crippen molar-refractivity contribution < 1.29 is 17.6 Å². The number of rotatable bonds is 0. The van der Waals surface area contributed by atoms with Gasteiger partial charge >= 0.3 is 6.18 Å². The fourth-order valence-corrected chi connectivity index (χ4v) is 5.90. The maximum atomic E-state index is 12.0. The van der Waals surface area contributed by atoms with Crippen LogP contribution >= 0.6 is 100 Å². The molecule has 0 spiro atoms. The molecule has 10 rings (SSSR count). The first-order valence-electron chi connectivity index (χ1n) is 22.4. The molecule has 0 N–H and O–H groups in total. The number of nitrogens with zero attached hydrogens (tertiary/aromatic N) is 16. The van der Waals surface area contributed by atoms with Gasteiger partial charge in [0.15, 0.2) is 0 Å². The third kappa shape index (κ3) is 38.7. The monoisotopic (exact) mass is 1460 g/mol. The molecule has 78 heavy (non-hydrogen) atoms. The third-order valence-electron chi connectivity index (χ3n) is 8.08. The lowest BCUT2D eigenvalue weighted by Gasteiger charge is -2.04. The van der Waals surface area contributed by atoms with Crippen LogP contribution in [0.15, 0.2) is 169 Å². The molecule has 0 aliphatic heterocycles. The summed E-state index contributed by atoms with van der Waals surface area (Å²) in [5.74, 6) is -0.282. The molecule has 10 aromatic rings. The molecule has 0 aromatic carbocycles. The second-order valence-corrected chi connectivity index (χ2v) is 19.8. The lowest BCUT2D eigenvalue weighted by atomic mass is 10.2. The molecule has 0 radical (unpaired) electrons. The zero-order chi connectivity index (χ0) is 58.5. The Hall–Kier alpha value is -5.81. The lowest BCUT2D eigenvalue weighted by Crippen LogP contribution is -2.05. The quantitative estimate of drug-likeness (QED) is 0.103. The van der Waals surface area contributed by atoms with Gasteiger partial charge in [0, 0.05) is 129 Å². The summed E-state index contributed by atoms with van der Waals surface area (Å²) in [6, 6.07) is 26.9. The minimum Gasteiger partial charge on any atom is -0.264 e. The van der Waals surface area contributed by atoms with Crippen molar-refractivity contribution in [1.29, 1.82) is 0 Å². The highest BCUT2D eigenvalue weighted by Gasteiger charge is 2.30. The van der Waals surface area contributed by atoms with E-state index in [-0.39, 0.29) is 5.82 Å². The van der Waals surface area contributed by atoms with E-state index >= 15 is 0 Å². The highest BCUT2D eigenvalue weighted by molar-refractivity contribution is 14.1. The van der Waals surface area contributed by atoms with E-state index in [2.05, 4.69) is 142 Å². The van der Waals surface area contributed by atoms with E-state index in [9.17, 15) is 17.6 Å². The summed E-state index contributed by atoms with van der Waals surface area (Å²) >= 11 is 21.5. The molecule has 0 atom stereocenters. The second kappa shape index (κ2) is 40.4. The topological polar surface area (TPSA) is 182 Å². The first-order valence-corrected chi connectivity index (χ1v) is 26.9. The lowest BCUT2D eigenvalue weighted by molar-refractivity contribution is -0.137. The first-order chi connectivity index (χ1) is 36.8. The van der Waals surface area contributed by atoms with E-state index in [1.807, 2.05) is 135 Å². The number of alkyl halides is 3. The summed E-state index contributed by atoms with van der Waals surface area (Å²) in [4.78, 5) is 38.4. The normalized spacial score (nSPS) is 9.54. The first kappa shape index (κ1) is 70.2. The van der Waals surface area contributed by atoms with E-state index < -0.39 is 11.7 Å². The maximum Gasteiger partial charge on any atom is 0.417 e. The summed E-state index contributed by atoms with van der Waals surface area (Å²) < 4.78 is 56.1. The van der Waals surface area contributed by atoms with Gasteiger partial charge in [0.25, 0.3) is 0 Å². The number of hydrogen-bond acceptors (Lipinski definition) is 13. The average molecular weight is 1470 g/mol. The van der Waals surface area contributed by atoms with Crippen molar-refractivity contribution in [2.75, 3.05) is 0 Å². The van der Waals surface area contributed by atoms with E-state index in [1.54, 1.807) is 77.9 Å². The molecule has 0 aliphatic carbocycles. The fraction of sp³-hybridized carbons (Fsp3) is 0.212. The van der Waals surface area contributed by atoms with E-state index in [0.29, 0.717) is 20.7 Å². The van der Waals surface area contributed by atoms with Gasteiger partial charge in [0.05, 0.1) is 16.8 Å². The SMILES string of the molecule is Cc1ccc(Br)cn1.Cc1ccc(C(F)(F)F)cn1.Cc1ccc(Cl)cn1.Cc1ccc(F)cn1.Cc1ccc(I)cn1.Cc1ccccn1.Cc1cccnc1.Cn1cnc(Br)n1.Cn1cnc(Cl)n1.Cn1cnc(I)n1. The van der Waals surface area contributed by atoms with Gasteiger partial charge in [0.2, 0.25) is 13.8 Å². The van der Waals surface area contributed by atoms with Gasteiger partial charge in [0.1, 0.15) is 24.8 Å². The van der Waals surface area contributed by atoms with Crippen molar-refractivity contribution >= 4 is 100 Å². The summed E-state index contributed by atoms with van der Waals surface area (Å²) in [5, 5.41) is 12.4. The van der Waals surface area contributed by atoms with Gasteiger partial charge in [-0.1, -0.05) is 23.7 Å². The standard InChI is InChI=1S/C7H6F3N.C6H6BrN.C6H6ClN.C6H6FN.C6H6IN.2C6H7N.C3H4BrN3.C3H4ClN3.C3H4IN3/c1-5-2-3-6(4-11-5)7(8,9)10;4*1-5-2-3-6(7)4-8-5;1-6-3-2-4-7-5-6;1-6-4-2-3-5-7-6;3*1-7-2-5-3(4)6-7/h2-4H,1H3;4*2-4H,1H3;2*2-5H,1H3;3*2H,1H3. The van der Waals surface area contributed by atoms with Crippen molar-refractivity contribution in [3.05, 3.63) is 238 Å². The fourth-order valence-electron chi connectivity index (χ4n) is 4.27. The maximum absolute atomic E-state index is 12.0. The van der Waals surface area contributed by atoms with Crippen molar-refractivity contribution in [1.82, 2.24) is 79.2 Å². The van der Waals surface area contributed by atoms with Crippen LogP contribution in [0.25, 0.3) is 0 Å². The molecule has 414 valence electrons. The third-order valence-corrected chi connectivity index (χ3v) is 10.4. The Bertz CT molecular complexity index is 2640. The molecule has 10 heterocycles. The predicted molar refractivity (Wildman–Crippen MR) is 322 cm³/mol. The molecule has 0 bridgehead atoms. The molecule has 0 unspecified atom stereocenters. The van der Waals surface area contributed by atoms with Crippen LogP contribution in [0.1, 0.15) is 45.3 Å². The van der Waals surface area contributed by atoms with Crippen LogP contribution in [0.2, 0.25) is 10.3 Å². The largest absolute Gasteiger partial charge is 0.417 e. The smallest absolute Gasteiger partial charge is 0.264 e. The number of aryl methyl sites for hydroxylation is 10. The highest BCUT2D eigenvalue weighted by Crippen LogP contribution is 2.28. The van der Waals surface area contributed by atoms with Crippen molar-refractivity contribution in [2.24, 2.45) is 21.1 Å². The van der Waals surface area contributed by atoms with Crippen molar-refractivity contribution in [3.63, 3.8) is 0 Å². The Balaban J connectivity index is 0.000000435. The van der Waals surface area contributed by atoms with E-state index in [4.69, 9.17) is 23.2 Å². The van der Waals surface area contributed by atoms with Gasteiger partial charge in [-0.3, -0.25) is 48.9 Å². The van der Waals surface area contributed by atoms with Crippen LogP contribution in [0.4, 0.5) is 17.6 Å². The van der Waals surface area contributed by atoms with Crippen LogP contribution in [0, 0.1) is 61.7 Å². The molecule has 0 amide bonds. The van der Waals surface area contributed by atoms with Crippen molar-refractivity contribution in [3.8, 4) is 0 Å². The number of pyridine rings is 7. The van der Waals surface area contributed by atoms with Gasteiger partial charge in [-0.15, -0.1) is 15.3 Å². The molecule has 0 saturated carbocycles. The Morgan fingerprint density at radius 1 is 0.474 bits per heavy atom. The molecular weight excluding hydrogens is 1410 g/mol. The van der Waals surface area contributed by atoms with E-state index in [1.165, 1.54) is 27.5 Å². The molecular formula is C52H56Br2Cl2F4I2N16. The van der Waals surface area contributed by atoms with Crippen LogP contribution in [0.3, 0.4) is 0 Å². The summed E-state index contributed by atoms with van der Waals surface area (Å²) in [5.41, 5.74) is 6.12. The molecule has 16 nitrogen and oxygen atoms in total. The number of aromatic nitrogens is 16. The zero-order valence-electron chi connectivity index (χ0n) is 43.9. The Morgan fingerprint density at radius 2 is 1.00 bits per heavy atom. The molecule has 0 aliphatic rings. The second-order valence-electron chi connectivity index (χ2n) is 15.2. The minimum absolute atomic E-state index is 0.282. The van der Waals surface area contributed by atoms with Gasteiger partial charge in [-0.2, -0.15) is 13.2 Å². The van der Waals surface area contributed by atoms with Gasteiger partial charge in [-0.05, 0) is 199 Å². The summed E-state index contributed by atoms with van der Waals surface area (Å²) in [6.07, 6.45) is 13.3. The van der Waals surface area contributed by atoms with Gasteiger partial charge in [-0.25, -0.2) is 19.3 Å². The predicted octanol–water partition coefficient (Wildman–Crippen LogP) is 14.4. The number of hydrogen-bond donors (Lipinski definition) is 0. The average Bonchev–Trinajstić information content (AvgIpc) is 4.12. The van der Waals surface area contributed by atoms with Crippen molar-refractivity contribution in [2.45, 2.75) is 54.6 Å². The Kier molecular flexibility index (Phi) is 36.3. The van der Waals surface area contributed by atoms with E-state index in [0.717, 1.165) is 49.0 Å². The van der Waals surface area contributed by atoms with Crippen LogP contribution < -0.4 is 0 Å². The summed E-state index contributed by atoms with van der Waals surface area (Å²) in [6.45, 7) is 13.3. The molecule has 26 heteroatoms. The van der Waals surface area contributed by atoms with Gasteiger partial charge < -0.3 is 0 Å². The minimum atomic E-state index is -4.28. The zero-order valence-corrected chi connectivity index (χ0v) is 52.9. The summed E-state index contributed by atoms with van der Waals surface area (Å²) in [7, 11) is 5.42. The number of halogens is 10. The highest BCUT2D eigenvalue weighted by atomic mass is 127. The van der Waals surface area contributed by atoms with Crippen LogP contribution in [0.5, 0.6) is 0 Å². The van der Waals surface area contributed by atoms with Crippen LogP contribution in [-0.2, 0) is 27.3 Å². The molecule has 0 fully saturated rings. The van der Waals surface area contributed by atoms with Crippen LogP contribution in [-0.4, -0.2) is 79.2 Å². The Labute approximate surface area is 506 Å².